The maximum absolute atomic E-state index is 11.7. The second-order valence-corrected chi connectivity index (χ2v) is 5.49. The summed E-state index contributed by atoms with van der Waals surface area (Å²) >= 11 is 0. The highest BCUT2D eigenvalue weighted by Gasteiger charge is 2.18. The van der Waals surface area contributed by atoms with E-state index in [4.69, 9.17) is 9.47 Å². The van der Waals surface area contributed by atoms with Gasteiger partial charge in [-0.2, -0.15) is 0 Å². The number of esters is 4. The lowest BCUT2D eigenvalue weighted by Crippen LogP contribution is -2.14. The van der Waals surface area contributed by atoms with E-state index in [1.165, 1.54) is 36.4 Å². The molecule has 0 bridgehead atoms. The zero-order valence-corrected chi connectivity index (χ0v) is 17.7. The number of ether oxygens (including phenoxy) is 4. The van der Waals surface area contributed by atoms with Gasteiger partial charge in [-0.25, -0.2) is 19.2 Å². The first-order valence-electron chi connectivity index (χ1n) is 9.29. The largest absolute Gasteiger partial charge is 0.458 e. The first-order chi connectivity index (χ1) is 15.4. The van der Waals surface area contributed by atoms with Crippen LogP contribution in [-0.4, -0.2) is 50.3 Å². The number of carbonyl (C=O) groups excluding carboxylic acids is 4. The fourth-order valence-corrected chi connectivity index (χ4v) is 1.78. The number of carbonyl (C=O) groups is 4. The molecule has 8 nitrogen and oxygen atoms in total. The fraction of sp³-hybridized carbons (Fsp3) is 0.167. The summed E-state index contributed by atoms with van der Waals surface area (Å²) in [7, 11) is 0. The van der Waals surface area contributed by atoms with Gasteiger partial charge in [0.2, 0.25) is 0 Å². The minimum Gasteiger partial charge on any atom is -0.458 e. The van der Waals surface area contributed by atoms with Crippen LogP contribution in [0.5, 0.6) is 0 Å². The Balaban J connectivity index is 0.000000622. The van der Waals surface area contributed by atoms with E-state index in [-0.39, 0.29) is 37.6 Å². The summed E-state index contributed by atoms with van der Waals surface area (Å²) in [6.07, 6.45) is 7.76. The lowest BCUT2D eigenvalue weighted by molar-refractivity contribution is -0.139. The third kappa shape index (κ3) is 12.4. The van der Waals surface area contributed by atoms with Crippen molar-refractivity contribution in [3.05, 3.63) is 98.2 Å². The molecular weight excluding hydrogens is 416 g/mol. The second kappa shape index (κ2) is 17.6. The molecule has 0 saturated carbocycles. The minimum atomic E-state index is -0.611. The average molecular weight is 442 g/mol. The van der Waals surface area contributed by atoms with Gasteiger partial charge in [0.1, 0.15) is 26.4 Å². The Bertz CT molecular complexity index is 782. The molecule has 0 unspecified atom stereocenters. The quantitative estimate of drug-likeness (QED) is 0.210. The lowest BCUT2D eigenvalue weighted by atomic mass is 10.1. The SMILES string of the molecule is C=CCOC(=O)C=CC(=O)OCC=C.C=CCOC(=O)c1ccccc1C(=O)OCC=C. The monoisotopic (exact) mass is 442 g/mol. The van der Waals surface area contributed by atoms with Crippen LogP contribution in [-0.2, 0) is 28.5 Å². The molecular formula is C24H26O8. The predicted octanol–water partition coefficient (Wildman–Crippen LogP) is 3.37. The molecule has 0 spiro atoms. The predicted molar refractivity (Wildman–Crippen MR) is 119 cm³/mol. The summed E-state index contributed by atoms with van der Waals surface area (Å²) in [5.74, 6) is -2.39. The van der Waals surface area contributed by atoms with Crippen LogP contribution in [0.1, 0.15) is 20.7 Å². The van der Waals surface area contributed by atoms with E-state index >= 15 is 0 Å². The Hall–Kier alpha value is -4.20. The molecule has 170 valence electrons. The molecule has 8 heteroatoms. The van der Waals surface area contributed by atoms with E-state index in [1.807, 2.05) is 0 Å². The fourth-order valence-electron chi connectivity index (χ4n) is 1.78. The normalized spacial score (nSPS) is 9.38. The van der Waals surface area contributed by atoms with Gasteiger partial charge in [-0.15, -0.1) is 0 Å². The third-order valence-electron chi connectivity index (χ3n) is 3.07. The number of rotatable bonds is 12. The molecule has 1 rings (SSSR count). The molecule has 0 radical (unpaired) electrons. The highest BCUT2D eigenvalue weighted by atomic mass is 16.5. The van der Waals surface area contributed by atoms with Crippen molar-refractivity contribution in [2.45, 2.75) is 0 Å². The first-order valence-corrected chi connectivity index (χ1v) is 9.29. The van der Waals surface area contributed by atoms with E-state index in [0.29, 0.717) is 0 Å². The summed E-state index contributed by atoms with van der Waals surface area (Å²) in [6, 6.07) is 6.31. The second-order valence-electron chi connectivity index (χ2n) is 5.49. The Morgan fingerprint density at radius 3 is 1.22 bits per heavy atom. The zero-order valence-electron chi connectivity index (χ0n) is 17.7. The van der Waals surface area contributed by atoms with Gasteiger partial charge in [-0.05, 0) is 12.1 Å². The molecule has 0 aromatic heterocycles. The summed E-state index contributed by atoms with van der Waals surface area (Å²) in [6.45, 7) is 14.0. The van der Waals surface area contributed by atoms with Crippen LogP contribution in [0.2, 0.25) is 0 Å². The number of benzene rings is 1. The summed E-state index contributed by atoms with van der Waals surface area (Å²) in [5, 5.41) is 0. The topological polar surface area (TPSA) is 105 Å². The molecule has 32 heavy (non-hydrogen) atoms. The standard InChI is InChI=1S/C14H14O4.C10H12O4/c1-3-9-17-13(15)11-7-5-6-8-12(11)14(16)18-10-4-2;1-3-7-13-9(11)5-6-10(12)14-8-4-2/h3-8H,1-2,9-10H2;3-6H,1-2,7-8H2. The highest BCUT2D eigenvalue weighted by molar-refractivity contribution is 6.03. The molecule has 1 aromatic carbocycles. The van der Waals surface area contributed by atoms with E-state index in [1.54, 1.807) is 12.1 Å². The van der Waals surface area contributed by atoms with Crippen molar-refractivity contribution in [3.8, 4) is 0 Å². The maximum Gasteiger partial charge on any atom is 0.339 e. The molecule has 0 fully saturated rings. The molecule has 0 N–H and O–H groups in total. The van der Waals surface area contributed by atoms with Gasteiger partial charge in [-0.1, -0.05) is 62.8 Å². The van der Waals surface area contributed by atoms with Crippen LogP contribution in [0.25, 0.3) is 0 Å². The van der Waals surface area contributed by atoms with E-state index < -0.39 is 23.9 Å². The van der Waals surface area contributed by atoms with Crippen LogP contribution < -0.4 is 0 Å². The summed E-state index contributed by atoms with van der Waals surface area (Å²) in [4.78, 5) is 45.0. The Labute approximate surface area is 187 Å². The molecule has 0 heterocycles. The van der Waals surface area contributed by atoms with Gasteiger partial charge in [0.25, 0.3) is 0 Å². The van der Waals surface area contributed by atoms with E-state index in [9.17, 15) is 19.2 Å². The van der Waals surface area contributed by atoms with Gasteiger partial charge in [0.15, 0.2) is 0 Å². The summed E-state index contributed by atoms with van der Waals surface area (Å²) in [5.41, 5.74) is 0.349. The lowest BCUT2D eigenvalue weighted by Gasteiger charge is -2.07. The smallest absolute Gasteiger partial charge is 0.339 e. The number of hydrogen-bond donors (Lipinski definition) is 0. The van der Waals surface area contributed by atoms with Crippen molar-refractivity contribution in [3.63, 3.8) is 0 Å². The molecule has 0 aliphatic heterocycles. The third-order valence-corrected chi connectivity index (χ3v) is 3.07. The van der Waals surface area contributed by atoms with Gasteiger partial charge in [0, 0.05) is 12.2 Å². The van der Waals surface area contributed by atoms with Crippen molar-refractivity contribution >= 4 is 23.9 Å². The van der Waals surface area contributed by atoms with Gasteiger partial charge >= 0.3 is 23.9 Å². The minimum absolute atomic E-state index is 0.0921. The summed E-state index contributed by atoms with van der Waals surface area (Å²) < 4.78 is 18.9. The van der Waals surface area contributed by atoms with Gasteiger partial charge in [0.05, 0.1) is 11.1 Å². The first kappa shape index (κ1) is 27.8. The number of hydrogen-bond acceptors (Lipinski definition) is 8. The van der Waals surface area contributed by atoms with Gasteiger partial charge in [-0.3, -0.25) is 0 Å². The Morgan fingerprint density at radius 2 is 0.906 bits per heavy atom. The molecule has 0 aliphatic carbocycles. The zero-order chi connectivity index (χ0) is 24.2. The van der Waals surface area contributed by atoms with E-state index in [2.05, 4.69) is 35.8 Å². The van der Waals surface area contributed by atoms with Crippen molar-refractivity contribution < 1.29 is 38.1 Å². The average Bonchev–Trinajstić information content (AvgIpc) is 2.82. The van der Waals surface area contributed by atoms with Crippen molar-refractivity contribution in [2.75, 3.05) is 26.4 Å². The van der Waals surface area contributed by atoms with Crippen LogP contribution in [0.3, 0.4) is 0 Å². The van der Waals surface area contributed by atoms with Gasteiger partial charge < -0.3 is 18.9 Å². The highest BCUT2D eigenvalue weighted by Crippen LogP contribution is 2.12. The maximum atomic E-state index is 11.7. The molecule has 0 saturated heterocycles. The Morgan fingerprint density at radius 1 is 0.594 bits per heavy atom. The molecule has 1 aromatic rings. The molecule has 0 aliphatic rings. The van der Waals surface area contributed by atoms with E-state index in [0.717, 1.165) is 12.2 Å². The van der Waals surface area contributed by atoms with Crippen molar-refractivity contribution in [1.29, 1.82) is 0 Å². The van der Waals surface area contributed by atoms with Crippen molar-refractivity contribution in [1.82, 2.24) is 0 Å². The van der Waals surface area contributed by atoms with Crippen LogP contribution in [0, 0.1) is 0 Å². The molecule has 0 amide bonds. The molecule has 0 atom stereocenters. The van der Waals surface area contributed by atoms with Crippen LogP contribution >= 0.6 is 0 Å². The van der Waals surface area contributed by atoms with Crippen LogP contribution in [0.4, 0.5) is 0 Å². The Kier molecular flexibility index (Phi) is 15.3. The van der Waals surface area contributed by atoms with Crippen molar-refractivity contribution in [2.24, 2.45) is 0 Å². The van der Waals surface area contributed by atoms with Crippen LogP contribution in [0.15, 0.2) is 87.0 Å².